The molecule has 1 aliphatic carbocycles. The number of benzene rings is 2. The molecule has 0 atom stereocenters. The highest BCUT2D eigenvalue weighted by molar-refractivity contribution is 6.30. The number of rotatable bonds is 2. The van der Waals surface area contributed by atoms with Crippen LogP contribution < -0.4 is 0 Å². The van der Waals surface area contributed by atoms with Gasteiger partial charge in [0, 0.05) is 10.6 Å². The molecule has 0 aromatic heterocycles. The van der Waals surface area contributed by atoms with Gasteiger partial charge in [0.25, 0.3) is 0 Å². The van der Waals surface area contributed by atoms with Crippen LogP contribution in [0, 0.1) is 5.82 Å². The fourth-order valence-electron chi connectivity index (χ4n) is 2.08. The van der Waals surface area contributed by atoms with Crippen molar-refractivity contribution in [2.45, 2.75) is 18.8 Å². The van der Waals surface area contributed by atoms with Crippen molar-refractivity contribution in [1.29, 1.82) is 0 Å². The Kier molecular flexibility index (Phi) is 2.64. The van der Waals surface area contributed by atoms with Crippen LogP contribution in [-0.4, -0.2) is 0 Å². The average Bonchev–Trinajstić information content (AvgIpc) is 3.13. The molecule has 86 valence electrons. The van der Waals surface area contributed by atoms with E-state index >= 15 is 0 Å². The first-order chi connectivity index (χ1) is 8.24. The second-order valence-corrected chi connectivity index (χ2v) is 4.96. The first kappa shape index (κ1) is 10.8. The molecule has 0 radical (unpaired) electrons. The van der Waals surface area contributed by atoms with Gasteiger partial charge in [0.15, 0.2) is 0 Å². The van der Waals surface area contributed by atoms with Crippen LogP contribution in [0.4, 0.5) is 4.39 Å². The zero-order valence-corrected chi connectivity index (χ0v) is 10.0. The Labute approximate surface area is 105 Å². The third-order valence-corrected chi connectivity index (χ3v) is 3.44. The Morgan fingerprint density at radius 2 is 1.71 bits per heavy atom. The SMILES string of the molecule is Fc1cc(Cl)ccc1-c1ccc(C2CC2)cc1. The van der Waals surface area contributed by atoms with Crippen LogP contribution in [0.1, 0.15) is 24.3 Å². The molecule has 1 saturated carbocycles. The molecule has 2 heteroatoms. The molecule has 0 N–H and O–H groups in total. The van der Waals surface area contributed by atoms with E-state index in [2.05, 4.69) is 12.1 Å². The lowest BCUT2D eigenvalue weighted by Gasteiger charge is -2.05. The summed E-state index contributed by atoms with van der Waals surface area (Å²) in [6, 6.07) is 13.0. The topological polar surface area (TPSA) is 0 Å². The molecular formula is C15H12ClF. The maximum Gasteiger partial charge on any atom is 0.132 e. The second kappa shape index (κ2) is 4.15. The Hall–Kier alpha value is -1.34. The number of hydrogen-bond acceptors (Lipinski definition) is 0. The Morgan fingerprint density at radius 1 is 1.00 bits per heavy atom. The van der Waals surface area contributed by atoms with Gasteiger partial charge in [0.1, 0.15) is 5.82 Å². The van der Waals surface area contributed by atoms with Crippen LogP contribution in [0.5, 0.6) is 0 Å². The van der Waals surface area contributed by atoms with Crippen molar-refractivity contribution in [2.24, 2.45) is 0 Å². The third-order valence-electron chi connectivity index (χ3n) is 3.20. The zero-order chi connectivity index (χ0) is 11.8. The van der Waals surface area contributed by atoms with Gasteiger partial charge in [0.05, 0.1) is 0 Å². The lowest BCUT2D eigenvalue weighted by molar-refractivity contribution is 0.631. The van der Waals surface area contributed by atoms with E-state index in [9.17, 15) is 4.39 Å². The van der Waals surface area contributed by atoms with Crippen LogP contribution in [0.25, 0.3) is 11.1 Å². The van der Waals surface area contributed by atoms with Crippen molar-refractivity contribution >= 4 is 11.6 Å². The summed E-state index contributed by atoms with van der Waals surface area (Å²) in [5.41, 5.74) is 2.88. The van der Waals surface area contributed by atoms with E-state index in [0.29, 0.717) is 10.6 Å². The van der Waals surface area contributed by atoms with Gasteiger partial charge in [-0.2, -0.15) is 0 Å². The van der Waals surface area contributed by atoms with Crippen molar-refractivity contribution in [1.82, 2.24) is 0 Å². The standard InChI is InChI=1S/C15H12ClF/c16-13-7-8-14(15(17)9-13)12-5-3-11(4-6-12)10-1-2-10/h3-10H,1-2H2. The summed E-state index contributed by atoms with van der Waals surface area (Å²) in [5.74, 6) is 0.468. The monoisotopic (exact) mass is 246 g/mol. The minimum atomic E-state index is -0.267. The molecule has 1 aliphatic rings. The second-order valence-electron chi connectivity index (χ2n) is 4.52. The van der Waals surface area contributed by atoms with E-state index in [4.69, 9.17) is 11.6 Å². The largest absolute Gasteiger partial charge is 0.206 e. The van der Waals surface area contributed by atoms with Gasteiger partial charge < -0.3 is 0 Å². The van der Waals surface area contributed by atoms with E-state index < -0.39 is 0 Å². The maximum atomic E-state index is 13.7. The molecule has 0 bridgehead atoms. The van der Waals surface area contributed by atoms with E-state index in [1.165, 1.54) is 24.5 Å². The van der Waals surface area contributed by atoms with Crippen LogP contribution in [0.3, 0.4) is 0 Å². The maximum absolute atomic E-state index is 13.7. The van der Waals surface area contributed by atoms with Crippen LogP contribution >= 0.6 is 11.6 Å². The van der Waals surface area contributed by atoms with Crippen molar-refractivity contribution in [3.8, 4) is 11.1 Å². The van der Waals surface area contributed by atoms with Crippen molar-refractivity contribution < 1.29 is 4.39 Å². The number of hydrogen-bond donors (Lipinski definition) is 0. The van der Waals surface area contributed by atoms with Crippen molar-refractivity contribution in [3.05, 3.63) is 58.9 Å². The predicted molar refractivity (Wildman–Crippen MR) is 68.8 cm³/mol. The Balaban J connectivity index is 1.97. The fraction of sp³-hybridized carbons (Fsp3) is 0.200. The molecule has 0 aliphatic heterocycles. The van der Waals surface area contributed by atoms with Gasteiger partial charge in [-0.1, -0.05) is 35.9 Å². The van der Waals surface area contributed by atoms with Crippen LogP contribution in [-0.2, 0) is 0 Å². The normalized spacial score (nSPS) is 14.9. The van der Waals surface area contributed by atoms with Crippen molar-refractivity contribution in [3.63, 3.8) is 0 Å². The lowest BCUT2D eigenvalue weighted by atomic mass is 10.0. The molecule has 0 unspecified atom stereocenters. The van der Waals surface area contributed by atoms with Gasteiger partial charge in [-0.25, -0.2) is 4.39 Å². The minimum Gasteiger partial charge on any atom is -0.206 e. The van der Waals surface area contributed by atoms with Crippen molar-refractivity contribution in [2.75, 3.05) is 0 Å². The van der Waals surface area contributed by atoms with E-state index in [1.807, 2.05) is 12.1 Å². The Morgan fingerprint density at radius 3 is 2.29 bits per heavy atom. The molecule has 0 nitrogen and oxygen atoms in total. The van der Waals surface area contributed by atoms with Gasteiger partial charge in [-0.3, -0.25) is 0 Å². The molecule has 0 saturated heterocycles. The highest BCUT2D eigenvalue weighted by Crippen LogP contribution is 2.40. The lowest BCUT2D eigenvalue weighted by Crippen LogP contribution is -1.85. The highest BCUT2D eigenvalue weighted by Gasteiger charge is 2.23. The molecular weight excluding hydrogens is 235 g/mol. The first-order valence-electron chi connectivity index (χ1n) is 5.79. The number of halogens is 2. The van der Waals surface area contributed by atoms with Crippen LogP contribution in [0.15, 0.2) is 42.5 Å². The predicted octanol–water partition coefficient (Wildman–Crippen LogP) is 5.02. The fourth-order valence-corrected chi connectivity index (χ4v) is 2.23. The van der Waals surface area contributed by atoms with Gasteiger partial charge >= 0.3 is 0 Å². The quantitative estimate of drug-likeness (QED) is 0.698. The summed E-state index contributed by atoms with van der Waals surface area (Å²) < 4.78 is 13.7. The van der Waals surface area contributed by atoms with Gasteiger partial charge in [0.2, 0.25) is 0 Å². The van der Waals surface area contributed by atoms with Gasteiger partial charge in [-0.15, -0.1) is 0 Å². The summed E-state index contributed by atoms with van der Waals surface area (Å²) >= 11 is 5.74. The third kappa shape index (κ3) is 2.20. The summed E-state index contributed by atoms with van der Waals surface area (Å²) in [6.07, 6.45) is 2.57. The first-order valence-corrected chi connectivity index (χ1v) is 6.17. The highest BCUT2D eigenvalue weighted by atomic mass is 35.5. The molecule has 1 fully saturated rings. The zero-order valence-electron chi connectivity index (χ0n) is 9.29. The smallest absolute Gasteiger partial charge is 0.132 e. The van der Waals surface area contributed by atoms with E-state index in [1.54, 1.807) is 12.1 Å². The molecule has 0 heterocycles. The molecule has 17 heavy (non-hydrogen) atoms. The summed E-state index contributed by atoms with van der Waals surface area (Å²) in [6.45, 7) is 0. The Bertz CT molecular complexity index is 541. The molecule has 0 amide bonds. The van der Waals surface area contributed by atoms with Crippen LogP contribution in [0.2, 0.25) is 5.02 Å². The molecule has 2 aromatic carbocycles. The molecule has 3 rings (SSSR count). The van der Waals surface area contributed by atoms with Gasteiger partial charge in [-0.05, 0) is 48.1 Å². The summed E-state index contributed by atoms with van der Waals surface area (Å²) in [4.78, 5) is 0. The minimum absolute atomic E-state index is 0.267. The summed E-state index contributed by atoms with van der Waals surface area (Å²) in [7, 11) is 0. The molecule has 2 aromatic rings. The van der Waals surface area contributed by atoms with E-state index in [0.717, 1.165) is 11.5 Å². The molecule has 0 spiro atoms. The average molecular weight is 247 g/mol. The summed E-state index contributed by atoms with van der Waals surface area (Å²) in [5, 5.41) is 0.431. The van der Waals surface area contributed by atoms with E-state index in [-0.39, 0.29) is 5.82 Å².